The van der Waals surface area contributed by atoms with Gasteiger partial charge >= 0.3 is 12.1 Å². The minimum absolute atomic E-state index is 0.0635. The van der Waals surface area contributed by atoms with Crippen LogP contribution in [0.3, 0.4) is 0 Å². The van der Waals surface area contributed by atoms with Crippen LogP contribution in [0, 0.1) is 23.0 Å². The third-order valence-electron chi connectivity index (χ3n) is 13.3. The first-order valence-corrected chi connectivity index (χ1v) is 26.1. The van der Waals surface area contributed by atoms with Crippen molar-refractivity contribution in [1.29, 1.82) is 0 Å². The molecule has 77 heavy (non-hydrogen) atoms. The number of morpholine rings is 1. The number of anilines is 1. The predicted octanol–water partition coefficient (Wildman–Crippen LogP) is 6.48. The van der Waals surface area contributed by atoms with Gasteiger partial charge < -0.3 is 51.3 Å². The zero-order chi connectivity index (χ0) is 55.6. The summed E-state index contributed by atoms with van der Waals surface area (Å²) in [4.78, 5) is 96.6. The number of hydrogen-bond acceptors (Lipinski definition) is 11. The summed E-state index contributed by atoms with van der Waals surface area (Å²) in [7, 11) is 0. The molecule has 0 bridgehead atoms. The van der Waals surface area contributed by atoms with E-state index in [0.29, 0.717) is 81.3 Å². The quantitative estimate of drug-likeness (QED) is 0.0293. The summed E-state index contributed by atoms with van der Waals surface area (Å²) in [6.45, 7) is 11.9. The Balaban J connectivity index is 1.02. The van der Waals surface area contributed by atoms with Crippen molar-refractivity contribution in [2.45, 2.75) is 117 Å². The highest BCUT2D eigenvalue weighted by Crippen LogP contribution is 2.35. The molecule has 0 radical (unpaired) electrons. The van der Waals surface area contributed by atoms with E-state index >= 15 is 4.39 Å². The standard InChI is InChI=1S/C56H72F2N10O9/c1-36(2)49(65-46(69)16-10-7-11-28-68-47(70)23-24-48(68)71)53(73)64-44(15-12-26-61-54(59)74)52(72)62-40-20-17-38(18-21-40)34-77-55(75)67-29-30-76-35-41(67)25-27-60-50(56(3,4)5)51-63-45(42-31-39(57)19-22-43(42)58)33-66(51)32-37-13-8-6-9-14-37/h6,8-9,13-14,17-24,31,33,36,41,44,49-50,60H,7,10-12,15-16,25-30,32,34-35H2,1-5H3,(H,62,72)(H,64,73)(H,65,69)(H3,59,61,74)/t41-,44-,49-,50-/m0/s1. The van der Waals surface area contributed by atoms with Gasteiger partial charge in [0.2, 0.25) is 17.7 Å². The van der Waals surface area contributed by atoms with E-state index in [9.17, 15) is 38.0 Å². The van der Waals surface area contributed by atoms with Crippen molar-refractivity contribution in [2.24, 2.45) is 17.1 Å². The number of imide groups is 1. The van der Waals surface area contributed by atoms with Crippen LogP contribution in [0.4, 0.5) is 24.1 Å². The number of nitrogens with one attached hydrogen (secondary N) is 5. The van der Waals surface area contributed by atoms with E-state index in [1.165, 1.54) is 12.2 Å². The summed E-state index contributed by atoms with van der Waals surface area (Å²) in [6, 6.07) is 16.4. The molecule has 7 N–H and O–H groups in total. The lowest BCUT2D eigenvalue weighted by atomic mass is 9.86. The number of nitrogens with zero attached hydrogens (tertiary/aromatic N) is 4. The second-order valence-electron chi connectivity index (χ2n) is 20.7. The lowest BCUT2D eigenvalue weighted by Crippen LogP contribution is -2.54. The SMILES string of the molecule is CC(C)[C@H](NC(=O)CCCCCN1C(=O)C=CC1=O)C(=O)N[C@@H](CCCNC(N)=O)C(=O)Nc1ccc(COC(=O)N2CCOC[C@@H]2CCN[C@@H](c2nc(-c3cc(F)ccc3F)cn2Cc2ccccc2)C(C)(C)C)cc1. The van der Waals surface area contributed by atoms with Gasteiger partial charge in [0.15, 0.2) is 0 Å². The maximum Gasteiger partial charge on any atom is 0.410 e. The van der Waals surface area contributed by atoms with Crippen LogP contribution in [0.25, 0.3) is 11.3 Å². The second kappa shape index (κ2) is 28.0. The molecule has 2 aliphatic rings. The van der Waals surface area contributed by atoms with Crippen molar-refractivity contribution < 1.29 is 51.8 Å². The van der Waals surface area contributed by atoms with E-state index in [0.717, 1.165) is 28.7 Å². The number of ether oxygens (including phenoxy) is 2. The molecule has 3 aromatic carbocycles. The Morgan fingerprint density at radius 3 is 2.29 bits per heavy atom. The number of carbonyl (C=O) groups is 7. The number of urea groups is 1. The number of primary amides is 1. The Labute approximate surface area is 448 Å². The van der Waals surface area contributed by atoms with E-state index in [1.54, 1.807) is 49.2 Å². The summed E-state index contributed by atoms with van der Waals surface area (Å²) in [5, 5.41) is 14.5. The number of amides is 8. The van der Waals surface area contributed by atoms with Crippen LogP contribution >= 0.6 is 0 Å². The molecule has 0 spiro atoms. The molecule has 4 atom stereocenters. The van der Waals surface area contributed by atoms with Gasteiger partial charge in [-0.05, 0) is 91.4 Å². The fourth-order valence-electron chi connectivity index (χ4n) is 9.06. The van der Waals surface area contributed by atoms with Crippen molar-refractivity contribution in [1.82, 2.24) is 40.6 Å². The molecule has 1 saturated heterocycles. The maximum absolute atomic E-state index is 15.1. The van der Waals surface area contributed by atoms with E-state index in [1.807, 2.05) is 34.9 Å². The molecule has 1 aromatic heterocycles. The van der Waals surface area contributed by atoms with Crippen molar-refractivity contribution in [3.8, 4) is 11.3 Å². The Morgan fingerprint density at radius 1 is 0.870 bits per heavy atom. The smallest absolute Gasteiger partial charge is 0.410 e. The molecular weight excluding hydrogens is 995 g/mol. The fraction of sp³-hybridized carbons (Fsp3) is 0.464. The first-order valence-electron chi connectivity index (χ1n) is 26.1. The minimum atomic E-state index is -1.06. The molecule has 4 aromatic rings. The largest absolute Gasteiger partial charge is 0.445 e. The molecule has 2 aliphatic heterocycles. The summed E-state index contributed by atoms with van der Waals surface area (Å²) in [5.74, 6) is -3.05. The Morgan fingerprint density at radius 2 is 1.60 bits per heavy atom. The highest BCUT2D eigenvalue weighted by Gasteiger charge is 2.34. The summed E-state index contributed by atoms with van der Waals surface area (Å²) in [6.07, 6.45) is 6.27. The van der Waals surface area contributed by atoms with Crippen LogP contribution in [-0.2, 0) is 46.6 Å². The lowest BCUT2D eigenvalue weighted by Gasteiger charge is -2.36. The van der Waals surface area contributed by atoms with Crippen LogP contribution in [0.15, 0.2) is 91.1 Å². The third-order valence-corrected chi connectivity index (χ3v) is 13.3. The van der Waals surface area contributed by atoms with Crippen molar-refractivity contribution in [3.05, 3.63) is 120 Å². The van der Waals surface area contributed by atoms with Gasteiger partial charge in [-0.2, -0.15) is 0 Å². The van der Waals surface area contributed by atoms with E-state index < -0.39 is 47.7 Å². The van der Waals surface area contributed by atoms with Gasteiger partial charge in [0, 0.05) is 62.2 Å². The third kappa shape index (κ3) is 17.5. The minimum Gasteiger partial charge on any atom is -0.445 e. The molecule has 6 rings (SSSR count). The normalized spacial score (nSPS) is 15.8. The van der Waals surface area contributed by atoms with Gasteiger partial charge in [-0.15, -0.1) is 0 Å². The number of hydrogen-bond donors (Lipinski definition) is 6. The summed E-state index contributed by atoms with van der Waals surface area (Å²) < 4.78 is 43.0. The fourth-order valence-corrected chi connectivity index (χ4v) is 9.06. The van der Waals surface area contributed by atoms with Crippen LogP contribution < -0.4 is 32.3 Å². The molecule has 3 heterocycles. The molecule has 19 nitrogen and oxygen atoms in total. The lowest BCUT2D eigenvalue weighted by molar-refractivity contribution is -0.137. The van der Waals surface area contributed by atoms with Gasteiger partial charge in [0.1, 0.15) is 36.1 Å². The average Bonchev–Trinajstić information content (AvgIpc) is 3.97. The Bertz CT molecular complexity index is 2690. The number of benzene rings is 3. The van der Waals surface area contributed by atoms with E-state index in [-0.39, 0.29) is 85.7 Å². The first-order chi connectivity index (χ1) is 36.8. The van der Waals surface area contributed by atoms with E-state index in [4.69, 9.17) is 20.2 Å². The van der Waals surface area contributed by atoms with Crippen molar-refractivity contribution >= 4 is 47.3 Å². The molecule has 0 unspecified atom stereocenters. The van der Waals surface area contributed by atoms with Gasteiger partial charge in [0.05, 0.1) is 31.0 Å². The van der Waals surface area contributed by atoms with Crippen molar-refractivity contribution in [2.75, 3.05) is 44.7 Å². The number of carbonyl (C=O) groups excluding carboxylic acids is 7. The van der Waals surface area contributed by atoms with Crippen LogP contribution in [0.1, 0.15) is 103 Å². The van der Waals surface area contributed by atoms with Gasteiger partial charge in [-0.3, -0.25) is 28.9 Å². The number of rotatable bonds is 26. The van der Waals surface area contributed by atoms with Gasteiger partial charge in [-0.1, -0.05) is 83.5 Å². The van der Waals surface area contributed by atoms with Crippen LogP contribution in [0.2, 0.25) is 0 Å². The topological polar surface area (TPSA) is 248 Å². The Hall–Kier alpha value is -7.52. The zero-order valence-electron chi connectivity index (χ0n) is 44.4. The average molecular weight is 1070 g/mol. The summed E-state index contributed by atoms with van der Waals surface area (Å²) in [5.41, 5.74) is 7.27. The number of unbranched alkanes of at least 4 members (excludes halogenated alkanes) is 2. The molecule has 8 amide bonds. The second-order valence-corrected chi connectivity index (χ2v) is 20.7. The van der Waals surface area contributed by atoms with Crippen LogP contribution in [-0.4, -0.2) is 119 Å². The monoisotopic (exact) mass is 1070 g/mol. The van der Waals surface area contributed by atoms with Crippen molar-refractivity contribution in [3.63, 3.8) is 0 Å². The Kier molecular flexibility index (Phi) is 21.4. The van der Waals surface area contributed by atoms with Crippen LogP contribution in [0.5, 0.6) is 0 Å². The van der Waals surface area contributed by atoms with E-state index in [2.05, 4.69) is 47.4 Å². The highest BCUT2D eigenvalue weighted by atomic mass is 19.1. The van der Waals surface area contributed by atoms with Gasteiger partial charge in [0.25, 0.3) is 11.8 Å². The molecule has 21 heteroatoms. The molecule has 0 saturated carbocycles. The molecular formula is C56H72F2N10O9. The first kappa shape index (κ1) is 58.7. The summed E-state index contributed by atoms with van der Waals surface area (Å²) >= 11 is 0. The number of imidazole rings is 1. The molecule has 1 fully saturated rings. The number of halogens is 2. The number of nitrogens with two attached hydrogens (primary N) is 1. The highest BCUT2D eigenvalue weighted by molar-refractivity contribution is 6.12. The predicted molar refractivity (Wildman–Crippen MR) is 284 cm³/mol. The van der Waals surface area contributed by atoms with Gasteiger partial charge in [-0.25, -0.2) is 23.4 Å². The molecule has 414 valence electrons. The number of aromatic nitrogens is 2. The molecule has 0 aliphatic carbocycles. The maximum atomic E-state index is 15.1. The zero-order valence-corrected chi connectivity index (χ0v) is 44.4.